The molecule has 0 radical (unpaired) electrons. The summed E-state index contributed by atoms with van der Waals surface area (Å²) in [4.78, 5) is 0. The van der Waals surface area contributed by atoms with Crippen LogP contribution in [0.2, 0.25) is 0 Å². The van der Waals surface area contributed by atoms with E-state index < -0.39 is 10.1 Å². The first-order chi connectivity index (χ1) is 11.8. The number of hydrogen-bond donors (Lipinski definition) is 1. The fourth-order valence-electron chi connectivity index (χ4n) is 2.78. The van der Waals surface area contributed by atoms with E-state index in [0.717, 1.165) is 11.1 Å². The lowest BCUT2D eigenvalue weighted by atomic mass is 9.78. The Morgan fingerprint density at radius 3 is 1.77 bits per heavy atom. The fraction of sp³-hybridized carbons (Fsp3) is 0.429. The summed E-state index contributed by atoms with van der Waals surface area (Å²) in [5.41, 5.74) is 1.44. The summed E-state index contributed by atoms with van der Waals surface area (Å²) in [5, 5.41) is 10.7. The third kappa shape index (κ3) is 5.01. The van der Waals surface area contributed by atoms with Crippen LogP contribution in [0.4, 0.5) is 0 Å². The minimum atomic E-state index is -3.81. The van der Waals surface area contributed by atoms with Crippen molar-refractivity contribution >= 4 is 10.1 Å². The molecule has 0 aliphatic rings. The van der Waals surface area contributed by atoms with Gasteiger partial charge < -0.3 is 9.29 Å². The molecule has 0 aliphatic heterocycles. The average molecular weight is 377 g/mol. The zero-order valence-corrected chi connectivity index (χ0v) is 17.1. The van der Waals surface area contributed by atoms with Crippen LogP contribution < -0.4 is 4.18 Å². The number of benzene rings is 2. The second kappa shape index (κ2) is 6.95. The SMILES string of the molecule is CC(C)(C)c1cc(CS(=O)(=O)Oc2ccccc2)cc(C(C)(C)C)c1O. The maximum absolute atomic E-state index is 12.5. The van der Waals surface area contributed by atoms with Gasteiger partial charge in [-0.15, -0.1) is 0 Å². The van der Waals surface area contributed by atoms with Crippen LogP contribution in [0.25, 0.3) is 0 Å². The summed E-state index contributed by atoms with van der Waals surface area (Å²) in [6, 6.07) is 12.0. The van der Waals surface area contributed by atoms with Gasteiger partial charge in [0.25, 0.3) is 0 Å². The van der Waals surface area contributed by atoms with Crippen molar-refractivity contribution in [1.29, 1.82) is 0 Å². The molecule has 5 heteroatoms. The van der Waals surface area contributed by atoms with E-state index in [1.54, 1.807) is 42.5 Å². The zero-order chi connectivity index (χ0) is 19.8. The first kappa shape index (κ1) is 20.3. The van der Waals surface area contributed by atoms with Gasteiger partial charge in [-0.3, -0.25) is 0 Å². The maximum Gasteiger partial charge on any atom is 0.313 e. The summed E-state index contributed by atoms with van der Waals surface area (Å²) < 4.78 is 30.2. The monoisotopic (exact) mass is 376 g/mol. The largest absolute Gasteiger partial charge is 0.507 e. The van der Waals surface area contributed by atoms with E-state index in [0.29, 0.717) is 11.3 Å². The Labute approximate surface area is 157 Å². The fourth-order valence-corrected chi connectivity index (χ4v) is 3.82. The zero-order valence-electron chi connectivity index (χ0n) is 16.3. The average Bonchev–Trinajstić information content (AvgIpc) is 2.46. The molecule has 0 spiro atoms. The van der Waals surface area contributed by atoms with Gasteiger partial charge >= 0.3 is 10.1 Å². The van der Waals surface area contributed by atoms with E-state index in [-0.39, 0.29) is 22.3 Å². The third-order valence-corrected chi connectivity index (χ3v) is 5.23. The molecule has 4 nitrogen and oxygen atoms in total. The van der Waals surface area contributed by atoms with Crippen LogP contribution in [-0.4, -0.2) is 13.5 Å². The van der Waals surface area contributed by atoms with Gasteiger partial charge in [-0.25, -0.2) is 0 Å². The molecule has 0 amide bonds. The highest BCUT2D eigenvalue weighted by molar-refractivity contribution is 7.86. The van der Waals surface area contributed by atoms with E-state index in [2.05, 4.69) is 0 Å². The Bertz CT molecular complexity index is 835. The Hall–Kier alpha value is -2.01. The van der Waals surface area contributed by atoms with Crippen LogP contribution in [0.3, 0.4) is 0 Å². The molecule has 1 N–H and O–H groups in total. The van der Waals surface area contributed by atoms with Gasteiger partial charge in [0.1, 0.15) is 17.3 Å². The first-order valence-electron chi connectivity index (χ1n) is 8.64. The van der Waals surface area contributed by atoms with Crippen molar-refractivity contribution in [2.45, 2.75) is 58.1 Å². The van der Waals surface area contributed by atoms with Crippen molar-refractivity contribution in [3.63, 3.8) is 0 Å². The molecule has 2 aromatic carbocycles. The highest BCUT2D eigenvalue weighted by Gasteiger charge is 2.27. The normalized spacial score (nSPS) is 12.8. The van der Waals surface area contributed by atoms with Gasteiger partial charge in [0, 0.05) is 0 Å². The number of phenols is 1. The maximum atomic E-state index is 12.5. The third-order valence-electron chi connectivity index (χ3n) is 4.10. The molecular weight excluding hydrogens is 348 g/mol. The van der Waals surface area contributed by atoms with Gasteiger partial charge in [-0.2, -0.15) is 8.42 Å². The number of phenolic OH excluding ortho intramolecular Hbond substituents is 1. The van der Waals surface area contributed by atoms with Crippen LogP contribution in [-0.2, 0) is 26.7 Å². The standard InChI is InChI=1S/C21H28O4S/c1-20(2,3)17-12-15(13-18(19(17)22)21(4,5)6)14-26(23,24)25-16-10-8-7-9-11-16/h7-13,22H,14H2,1-6H3. The van der Waals surface area contributed by atoms with Crippen LogP contribution in [0.5, 0.6) is 11.5 Å². The van der Waals surface area contributed by atoms with Crippen molar-refractivity contribution in [2.75, 3.05) is 0 Å². The first-order valence-corrected chi connectivity index (χ1v) is 10.2. The molecule has 0 fully saturated rings. The molecule has 26 heavy (non-hydrogen) atoms. The minimum Gasteiger partial charge on any atom is -0.507 e. The van der Waals surface area contributed by atoms with E-state index in [9.17, 15) is 13.5 Å². The van der Waals surface area contributed by atoms with Crippen LogP contribution in [0.15, 0.2) is 42.5 Å². The minimum absolute atomic E-state index is 0.232. The molecule has 0 aromatic heterocycles. The lowest BCUT2D eigenvalue weighted by Gasteiger charge is -2.28. The molecule has 0 aliphatic carbocycles. The van der Waals surface area contributed by atoms with Gasteiger partial charge in [0.05, 0.1) is 0 Å². The summed E-state index contributed by atoms with van der Waals surface area (Å²) in [6.07, 6.45) is 0. The lowest BCUT2D eigenvalue weighted by molar-refractivity contribution is 0.422. The van der Waals surface area contributed by atoms with Crippen LogP contribution >= 0.6 is 0 Å². The highest BCUT2D eigenvalue weighted by atomic mass is 32.2. The van der Waals surface area contributed by atoms with Crippen molar-refractivity contribution in [3.8, 4) is 11.5 Å². The molecule has 0 heterocycles. The highest BCUT2D eigenvalue weighted by Crippen LogP contribution is 2.40. The predicted molar refractivity (Wildman–Crippen MR) is 105 cm³/mol. The van der Waals surface area contributed by atoms with Crippen molar-refractivity contribution in [1.82, 2.24) is 0 Å². The van der Waals surface area contributed by atoms with Crippen LogP contribution in [0, 0.1) is 0 Å². The second-order valence-corrected chi connectivity index (χ2v) is 10.2. The van der Waals surface area contributed by atoms with Crippen molar-refractivity contribution < 1.29 is 17.7 Å². The molecule has 0 unspecified atom stereocenters. The summed E-state index contributed by atoms with van der Waals surface area (Å²) in [7, 11) is -3.81. The van der Waals surface area contributed by atoms with Gasteiger partial charge in [0.2, 0.25) is 0 Å². The quantitative estimate of drug-likeness (QED) is 0.771. The molecule has 2 aromatic rings. The Morgan fingerprint density at radius 2 is 1.35 bits per heavy atom. The second-order valence-electron chi connectivity index (χ2n) is 8.64. The van der Waals surface area contributed by atoms with E-state index in [4.69, 9.17) is 4.18 Å². The van der Waals surface area contributed by atoms with E-state index >= 15 is 0 Å². The number of hydrogen-bond acceptors (Lipinski definition) is 4. The predicted octanol–water partition coefficient (Wildman–Crippen LogP) is 4.90. The molecule has 0 bridgehead atoms. The molecule has 0 saturated heterocycles. The molecule has 0 atom stereocenters. The number of rotatable bonds is 4. The number of para-hydroxylation sites is 1. The topological polar surface area (TPSA) is 63.6 Å². The molecule has 0 saturated carbocycles. The van der Waals surface area contributed by atoms with Gasteiger partial charge in [0.15, 0.2) is 0 Å². The lowest BCUT2D eigenvalue weighted by Crippen LogP contribution is -2.19. The molecule has 142 valence electrons. The summed E-state index contributed by atoms with van der Waals surface area (Å²) >= 11 is 0. The van der Waals surface area contributed by atoms with E-state index in [1.165, 1.54) is 0 Å². The molecule has 2 rings (SSSR count). The van der Waals surface area contributed by atoms with Crippen molar-refractivity contribution in [3.05, 3.63) is 59.2 Å². The summed E-state index contributed by atoms with van der Waals surface area (Å²) in [6.45, 7) is 12.0. The van der Waals surface area contributed by atoms with Gasteiger partial charge in [-0.05, 0) is 39.7 Å². The summed E-state index contributed by atoms with van der Waals surface area (Å²) in [5.74, 6) is 0.266. The Morgan fingerprint density at radius 1 is 0.885 bits per heavy atom. The van der Waals surface area contributed by atoms with Crippen LogP contribution in [0.1, 0.15) is 58.2 Å². The molecular formula is C21H28O4S. The Balaban J connectivity index is 2.46. The van der Waals surface area contributed by atoms with E-state index in [1.807, 2.05) is 41.5 Å². The smallest absolute Gasteiger partial charge is 0.313 e. The van der Waals surface area contributed by atoms with Crippen molar-refractivity contribution in [2.24, 2.45) is 0 Å². The Kier molecular flexibility index (Phi) is 5.43. The number of aromatic hydroxyl groups is 1. The van der Waals surface area contributed by atoms with Gasteiger partial charge in [-0.1, -0.05) is 71.9 Å².